The predicted molar refractivity (Wildman–Crippen MR) is 66.2 cm³/mol. The van der Waals surface area contributed by atoms with E-state index in [0.717, 1.165) is 22.8 Å². The van der Waals surface area contributed by atoms with Gasteiger partial charge in [-0.1, -0.05) is 12.1 Å². The fourth-order valence-corrected chi connectivity index (χ4v) is 1.69. The van der Waals surface area contributed by atoms with Crippen LogP contribution in [-0.2, 0) is 0 Å². The number of nitrogens with two attached hydrogens (primary N) is 1. The van der Waals surface area contributed by atoms with Gasteiger partial charge < -0.3 is 16.0 Å². The molecule has 0 radical (unpaired) electrons. The van der Waals surface area contributed by atoms with E-state index in [1.54, 1.807) is 6.20 Å². The van der Waals surface area contributed by atoms with Gasteiger partial charge in [0, 0.05) is 12.4 Å². The number of aromatic amines is 1. The third-order valence-corrected chi connectivity index (χ3v) is 2.60. The molecule has 1 unspecified atom stereocenters. The van der Waals surface area contributed by atoms with Gasteiger partial charge in [-0.05, 0) is 25.5 Å². The first-order valence-corrected chi connectivity index (χ1v) is 5.29. The molecular formula is C12H16N4. The van der Waals surface area contributed by atoms with Gasteiger partial charge in [-0.3, -0.25) is 0 Å². The molecule has 0 saturated heterocycles. The lowest BCUT2D eigenvalue weighted by molar-refractivity contribution is 0.809. The van der Waals surface area contributed by atoms with Crippen molar-refractivity contribution in [2.75, 3.05) is 11.1 Å². The summed E-state index contributed by atoms with van der Waals surface area (Å²) < 4.78 is 0. The van der Waals surface area contributed by atoms with Crippen LogP contribution in [0.2, 0.25) is 0 Å². The van der Waals surface area contributed by atoms with Crippen molar-refractivity contribution in [1.82, 2.24) is 9.97 Å². The largest absolute Gasteiger partial charge is 0.397 e. The van der Waals surface area contributed by atoms with E-state index < -0.39 is 0 Å². The Labute approximate surface area is 94.9 Å². The maximum Gasteiger partial charge on any atom is 0.128 e. The second kappa shape index (κ2) is 4.26. The Hall–Kier alpha value is -1.97. The zero-order valence-corrected chi connectivity index (χ0v) is 9.49. The van der Waals surface area contributed by atoms with Gasteiger partial charge in [-0.15, -0.1) is 0 Å². The summed E-state index contributed by atoms with van der Waals surface area (Å²) in [6.07, 6.45) is 3.56. The fraction of sp³-hybridized carbons (Fsp3) is 0.250. The first-order valence-electron chi connectivity index (χ1n) is 5.29. The predicted octanol–water partition coefficient (Wildman–Crippen LogP) is 2.47. The van der Waals surface area contributed by atoms with Gasteiger partial charge in [0.25, 0.3) is 0 Å². The number of anilines is 2. The number of para-hydroxylation sites is 1. The van der Waals surface area contributed by atoms with Crippen molar-refractivity contribution in [2.45, 2.75) is 19.9 Å². The zero-order valence-electron chi connectivity index (χ0n) is 9.49. The number of aryl methyl sites for hydroxylation is 1. The minimum atomic E-state index is 0.110. The lowest BCUT2D eigenvalue weighted by Crippen LogP contribution is -2.10. The van der Waals surface area contributed by atoms with Crippen molar-refractivity contribution in [3.05, 3.63) is 42.0 Å². The van der Waals surface area contributed by atoms with E-state index in [0.29, 0.717) is 0 Å². The van der Waals surface area contributed by atoms with Crippen LogP contribution in [0.3, 0.4) is 0 Å². The van der Waals surface area contributed by atoms with Crippen LogP contribution in [0, 0.1) is 6.92 Å². The Balaban J connectivity index is 2.21. The molecule has 4 nitrogen and oxygen atoms in total. The molecule has 0 fully saturated rings. The molecular weight excluding hydrogens is 200 g/mol. The summed E-state index contributed by atoms with van der Waals surface area (Å²) in [5.41, 5.74) is 8.81. The molecule has 0 bridgehead atoms. The van der Waals surface area contributed by atoms with Gasteiger partial charge in [-0.25, -0.2) is 4.98 Å². The van der Waals surface area contributed by atoms with E-state index in [2.05, 4.69) is 15.3 Å². The highest BCUT2D eigenvalue weighted by molar-refractivity contribution is 5.70. The minimum Gasteiger partial charge on any atom is -0.397 e. The first-order chi connectivity index (χ1) is 7.68. The molecule has 1 heterocycles. The molecule has 84 valence electrons. The highest BCUT2D eigenvalue weighted by Crippen LogP contribution is 2.26. The number of hydrogen-bond acceptors (Lipinski definition) is 3. The molecule has 0 aliphatic rings. The standard InChI is InChI=1S/C12H16N4/c1-8-4-3-5-10(13)11(8)16-9(2)12-14-6-7-15-12/h3-7,9,16H,13H2,1-2H3,(H,14,15). The lowest BCUT2D eigenvalue weighted by Gasteiger charge is -2.16. The average molecular weight is 216 g/mol. The summed E-state index contributed by atoms with van der Waals surface area (Å²) in [5, 5.41) is 3.36. The topological polar surface area (TPSA) is 66.7 Å². The van der Waals surface area contributed by atoms with Crippen LogP contribution in [0.4, 0.5) is 11.4 Å². The van der Waals surface area contributed by atoms with Crippen molar-refractivity contribution in [3.8, 4) is 0 Å². The molecule has 2 rings (SSSR count). The van der Waals surface area contributed by atoms with Crippen molar-refractivity contribution >= 4 is 11.4 Å². The van der Waals surface area contributed by atoms with Crippen LogP contribution in [0.1, 0.15) is 24.4 Å². The third-order valence-electron chi connectivity index (χ3n) is 2.60. The fourth-order valence-electron chi connectivity index (χ4n) is 1.69. The lowest BCUT2D eigenvalue weighted by atomic mass is 10.1. The van der Waals surface area contributed by atoms with Gasteiger partial charge in [-0.2, -0.15) is 0 Å². The summed E-state index contributed by atoms with van der Waals surface area (Å²) in [5.74, 6) is 0.905. The summed E-state index contributed by atoms with van der Waals surface area (Å²) in [4.78, 5) is 7.29. The number of imidazole rings is 1. The van der Waals surface area contributed by atoms with Crippen LogP contribution >= 0.6 is 0 Å². The van der Waals surface area contributed by atoms with Crippen molar-refractivity contribution in [2.24, 2.45) is 0 Å². The zero-order chi connectivity index (χ0) is 11.5. The molecule has 0 aliphatic heterocycles. The van der Waals surface area contributed by atoms with Crippen LogP contribution in [-0.4, -0.2) is 9.97 Å². The van der Waals surface area contributed by atoms with Crippen molar-refractivity contribution in [3.63, 3.8) is 0 Å². The first kappa shape index (κ1) is 10.5. The quantitative estimate of drug-likeness (QED) is 0.690. The molecule has 0 aliphatic carbocycles. The van der Waals surface area contributed by atoms with Crippen molar-refractivity contribution in [1.29, 1.82) is 0 Å². The van der Waals surface area contributed by atoms with E-state index in [4.69, 9.17) is 5.73 Å². The van der Waals surface area contributed by atoms with E-state index in [9.17, 15) is 0 Å². The third kappa shape index (κ3) is 2.00. The Morgan fingerprint density at radius 1 is 1.44 bits per heavy atom. The summed E-state index contributed by atoms with van der Waals surface area (Å²) in [7, 11) is 0. The summed E-state index contributed by atoms with van der Waals surface area (Å²) in [6.45, 7) is 4.08. The molecule has 2 aromatic rings. The van der Waals surface area contributed by atoms with Crippen LogP contribution in [0.15, 0.2) is 30.6 Å². The number of nitrogen functional groups attached to an aromatic ring is 1. The smallest absolute Gasteiger partial charge is 0.128 e. The minimum absolute atomic E-state index is 0.110. The van der Waals surface area contributed by atoms with E-state index in [-0.39, 0.29) is 6.04 Å². The van der Waals surface area contributed by atoms with Gasteiger partial charge in [0.2, 0.25) is 0 Å². The van der Waals surface area contributed by atoms with E-state index in [1.165, 1.54) is 0 Å². The molecule has 16 heavy (non-hydrogen) atoms. The SMILES string of the molecule is Cc1cccc(N)c1NC(C)c1ncc[nH]1. The normalized spacial score (nSPS) is 12.4. The highest BCUT2D eigenvalue weighted by Gasteiger charge is 2.10. The average Bonchev–Trinajstić information content (AvgIpc) is 2.76. The molecule has 0 saturated carbocycles. The Bertz CT molecular complexity index is 442. The number of H-pyrrole nitrogens is 1. The second-order valence-corrected chi connectivity index (χ2v) is 3.88. The molecule has 0 spiro atoms. The van der Waals surface area contributed by atoms with Crippen LogP contribution < -0.4 is 11.1 Å². The number of hydrogen-bond donors (Lipinski definition) is 3. The van der Waals surface area contributed by atoms with E-state index >= 15 is 0 Å². The maximum atomic E-state index is 5.93. The monoisotopic (exact) mass is 216 g/mol. The van der Waals surface area contributed by atoms with Gasteiger partial charge >= 0.3 is 0 Å². The second-order valence-electron chi connectivity index (χ2n) is 3.88. The number of benzene rings is 1. The van der Waals surface area contributed by atoms with Gasteiger partial charge in [0.15, 0.2) is 0 Å². The molecule has 1 aromatic carbocycles. The summed E-state index contributed by atoms with van der Waals surface area (Å²) in [6, 6.07) is 5.99. The number of nitrogens with one attached hydrogen (secondary N) is 2. The van der Waals surface area contributed by atoms with Crippen LogP contribution in [0.25, 0.3) is 0 Å². The molecule has 0 amide bonds. The Morgan fingerprint density at radius 2 is 2.25 bits per heavy atom. The maximum absolute atomic E-state index is 5.93. The molecule has 1 atom stereocenters. The number of aromatic nitrogens is 2. The molecule has 4 N–H and O–H groups in total. The number of rotatable bonds is 3. The summed E-state index contributed by atoms with van der Waals surface area (Å²) >= 11 is 0. The molecule has 4 heteroatoms. The van der Waals surface area contributed by atoms with Crippen molar-refractivity contribution < 1.29 is 0 Å². The van der Waals surface area contributed by atoms with E-state index in [1.807, 2.05) is 38.2 Å². The number of nitrogens with zero attached hydrogens (tertiary/aromatic N) is 1. The van der Waals surface area contributed by atoms with Gasteiger partial charge in [0.1, 0.15) is 5.82 Å². The highest BCUT2D eigenvalue weighted by atomic mass is 15.0. The Kier molecular flexibility index (Phi) is 2.81. The van der Waals surface area contributed by atoms with Crippen LogP contribution in [0.5, 0.6) is 0 Å². The van der Waals surface area contributed by atoms with Gasteiger partial charge in [0.05, 0.1) is 17.4 Å². The Morgan fingerprint density at radius 3 is 2.88 bits per heavy atom. The molecule has 1 aromatic heterocycles.